The third-order valence-electron chi connectivity index (χ3n) is 2.13. The van der Waals surface area contributed by atoms with Crippen molar-refractivity contribution in [2.75, 3.05) is 7.18 Å². The number of nitrogens with zero attached hydrogens (tertiary/aromatic N) is 1. The summed E-state index contributed by atoms with van der Waals surface area (Å²) in [5.74, 6) is 0.674. The average molecular weight is 228 g/mol. The molecule has 0 spiro atoms. The van der Waals surface area contributed by atoms with Gasteiger partial charge in [-0.25, -0.2) is 4.79 Å². The molecule has 2 heterocycles. The van der Waals surface area contributed by atoms with Gasteiger partial charge in [-0.2, -0.15) is 0 Å². The fourth-order valence-corrected chi connectivity index (χ4v) is 1.44. The predicted octanol–water partition coefficient (Wildman–Crippen LogP) is 0.945. The Bertz CT molecular complexity index is 477. The molecule has 16 heavy (non-hydrogen) atoms. The second-order valence-corrected chi connectivity index (χ2v) is 3.17. The van der Waals surface area contributed by atoms with E-state index in [1.54, 1.807) is 0 Å². The van der Waals surface area contributed by atoms with Gasteiger partial charge in [-0.1, -0.05) is 6.58 Å². The van der Waals surface area contributed by atoms with E-state index in [1.165, 1.54) is 16.8 Å². The molecule has 1 atom stereocenters. The Hall–Kier alpha value is -1.85. The molecule has 0 bridgehead atoms. The van der Waals surface area contributed by atoms with Crippen molar-refractivity contribution in [3.63, 3.8) is 0 Å². The van der Waals surface area contributed by atoms with E-state index >= 15 is 0 Å². The van der Waals surface area contributed by atoms with E-state index in [1.807, 2.05) is 0 Å². The van der Waals surface area contributed by atoms with Crippen molar-refractivity contribution in [1.29, 1.82) is 0 Å². The van der Waals surface area contributed by atoms with Crippen LogP contribution in [0.4, 0.5) is 4.39 Å². The summed E-state index contributed by atoms with van der Waals surface area (Å²) in [6.45, 7) is 3.67. The Kier molecular flexibility index (Phi) is 4.04. The van der Waals surface area contributed by atoms with Gasteiger partial charge in [0.2, 0.25) is 0 Å². The van der Waals surface area contributed by atoms with Crippen molar-refractivity contribution >= 4 is 0 Å². The Morgan fingerprint density at radius 3 is 2.75 bits per heavy atom. The fourth-order valence-electron chi connectivity index (χ4n) is 1.44. The lowest BCUT2D eigenvalue weighted by Crippen LogP contribution is -2.31. The number of hydrogen-bond acceptors (Lipinski definition) is 3. The number of rotatable bonds is 1. The van der Waals surface area contributed by atoms with Crippen LogP contribution in [0.25, 0.3) is 0 Å². The second kappa shape index (κ2) is 5.29. The van der Waals surface area contributed by atoms with Crippen LogP contribution in [0.2, 0.25) is 0 Å². The first-order valence-electron chi connectivity index (χ1n) is 4.70. The summed E-state index contributed by atoms with van der Waals surface area (Å²) in [5.41, 5.74) is -0.847. The molecule has 0 radical (unpaired) electrons. The molecule has 1 aromatic heterocycles. The number of H-pyrrole nitrogens is 1. The predicted molar refractivity (Wildman–Crippen MR) is 56.9 cm³/mol. The molecule has 1 aliphatic heterocycles. The van der Waals surface area contributed by atoms with Crippen LogP contribution >= 0.6 is 0 Å². The van der Waals surface area contributed by atoms with Gasteiger partial charge < -0.3 is 4.74 Å². The van der Waals surface area contributed by atoms with Gasteiger partial charge in [0.25, 0.3) is 5.56 Å². The van der Waals surface area contributed by atoms with Crippen LogP contribution in [-0.2, 0) is 4.74 Å². The molecule has 1 aliphatic rings. The summed E-state index contributed by atoms with van der Waals surface area (Å²) < 4.78 is 16.2. The molecule has 1 saturated heterocycles. The van der Waals surface area contributed by atoms with E-state index in [4.69, 9.17) is 4.74 Å². The zero-order valence-electron chi connectivity index (χ0n) is 8.90. The van der Waals surface area contributed by atoms with E-state index in [-0.39, 0.29) is 6.23 Å². The molecule has 88 valence electrons. The first-order valence-corrected chi connectivity index (χ1v) is 4.70. The maximum absolute atomic E-state index is 11.3. The highest BCUT2D eigenvalue weighted by atomic mass is 19.1. The van der Waals surface area contributed by atoms with Crippen molar-refractivity contribution in [3.8, 4) is 0 Å². The number of ether oxygens (including phenoxy) is 1. The first kappa shape index (κ1) is 12.2. The molecule has 0 saturated carbocycles. The lowest BCUT2D eigenvalue weighted by molar-refractivity contribution is 0.0938. The summed E-state index contributed by atoms with van der Waals surface area (Å²) in [6, 6.07) is 1.30. The van der Waals surface area contributed by atoms with Crippen LogP contribution < -0.4 is 11.2 Å². The highest BCUT2D eigenvalue weighted by Crippen LogP contribution is 2.27. The van der Waals surface area contributed by atoms with Crippen LogP contribution in [0.1, 0.15) is 19.1 Å². The summed E-state index contributed by atoms with van der Waals surface area (Å²) in [6.07, 6.45) is 2.57. The van der Waals surface area contributed by atoms with Crippen LogP contribution in [0, 0.1) is 0 Å². The SMILES string of the molecule is C=C1CCC(n2ccc(=O)[nH]c2=O)O1.CF. The summed E-state index contributed by atoms with van der Waals surface area (Å²) in [7, 11) is 0.500. The van der Waals surface area contributed by atoms with Gasteiger partial charge in [0.1, 0.15) is 0 Å². The van der Waals surface area contributed by atoms with Crippen molar-refractivity contribution in [3.05, 3.63) is 45.4 Å². The highest BCUT2D eigenvalue weighted by molar-refractivity contribution is 4.92. The normalized spacial score (nSPS) is 18.6. The molecule has 5 nitrogen and oxygen atoms in total. The molecule has 0 aliphatic carbocycles. The largest absolute Gasteiger partial charge is 0.475 e. The fraction of sp³-hybridized carbons (Fsp3) is 0.400. The van der Waals surface area contributed by atoms with Crippen LogP contribution in [0.5, 0.6) is 0 Å². The minimum atomic E-state index is -0.447. The van der Waals surface area contributed by atoms with Gasteiger partial charge in [-0.05, 0) is 0 Å². The zero-order chi connectivity index (χ0) is 12.1. The molecule has 6 heteroatoms. The highest BCUT2D eigenvalue weighted by Gasteiger charge is 2.21. The zero-order valence-corrected chi connectivity index (χ0v) is 8.90. The Labute approximate surface area is 91.2 Å². The van der Waals surface area contributed by atoms with E-state index in [0.29, 0.717) is 19.4 Å². The van der Waals surface area contributed by atoms with Crippen molar-refractivity contribution in [2.45, 2.75) is 19.1 Å². The summed E-state index contributed by atoms with van der Waals surface area (Å²) >= 11 is 0. The molecular formula is C10H13FN2O3. The number of allylic oxidation sites excluding steroid dienone is 1. The Morgan fingerprint density at radius 2 is 2.25 bits per heavy atom. The first-order chi connectivity index (χ1) is 7.66. The van der Waals surface area contributed by atoms with E-state index < -0.39 is 11.2 Å². The Balaban J connectivity index is 0.000000606. The lowest BCUT2D eigenvalue weighted by Gasteiger charge is -2.12. The van der Waals surface area contributed by atoms with Crippen LogP contribution in [0.15, 0.2) is 34.2 Å². The summed E-state index contributed by atoms with van der Waals surface area (Å²) in [4.78, 5) is 24.3. The van der Waals surface area contributed by atoms with Gasteiger partial charge in [0.15, 0.2) is 6.23 Å². The average Bonchev–Trinajstić information content (AvgIpc) is 2.68. The molecule has 1 unspecified atom stereocenters. The standard InChI is InChI=1S/C9H10N2O3.CH3F/c1-6-2-3-8(14-6)11-5-4-7(12)10-9(11)13;1-2/h4-5,8H,1-3H2,(H,10,12,13);1H3. The van der Waals surface area contributed by atoms with Crippen molar-refractivity contribution in [2.24, 2.45) is 0 Å². The smallest absolute Gasteiger partial charge is 0.331 e. The molecule has 0 aromatic carbocycles. The monoisotopic (exact) mass is 228 g/mol. The lowest BCUT2D eigenvalue weighted by atomic mass is 10.3. The van der Waals surface area contributed by atoms with Gasteiger partial charge in [-0.3, -0.25) is 18.7 Å². The number of halogens is 1. The molecule has 2 rings (SSSR count). The number of nitrogens with one attached hydrogen (secondary N) is 1. The van der Waals surface area contributed by atoms with E-state index in [2.05, 4.69) is 11.6 Å². The second-order valence-electron chi connectivity index (χ2n) is 3.17. The molecule has 0 amide bonds. The van der Waals surface area contributed by atoms with Gasteiger partial charge >= 0.3 is 5.69 Å². The number of aromatic nitrogens is 2. The molecular weight excluding hydrogens is 215 g/mol. The minimum absolute atomic E-state index is 0.327. The van der Waals surface area contributed by atoms with E-state index in [0.717, 1.165) is 6.42 Å². The molecule has 1 fully saturated rings. The Morgan fingerprint density at radius 1 is 1.56 bits per heavy atom. The molecule has 1 aromatic rings. The van der Waals surface area contributed by atoms with Gasteiger partial charge in [0.05, 0.1) is 12.9 Å². The van der Waals surface area contributed by atoms with Crippen molar-refractivity contribution < 1.29 is 9.13 Å². The number of aromatic amines is 1. The van der Waals surface area contributed by atoms with Crippen molar-refractivity contribution in [1.82, 2.24) is 9.55 Å². The quantitative estimate of drug-likeness (QED) is 0.778. The third kappa shape index (κ3) is 2.59. The summed E-state index contributed by atoms with van der Waals surface area (Å²) in [5, 5.41) is 0. The minimum Gasteiger partial charge on any atom is -0.475 e. The van der Waals surface area contributed by atoms with Crippen LogP contribution in [-0.4, -0.2) is 16.7 Å². The maximum Gasteiger partial charge on any atom is 0.331 e. The number of alkyl halides is 1. The van der Waals surface area contributed by atoms with Gasteiger partial charge in [-0.15, -0.1) is 0 Å². The molecule has 1 N–H and O–H groups in total. The topological polar surface area (TPSA) is 64.1 Å². The maximum atomic E-state index is 11.3. The third-order valence-corrected chi connectivity index (χ3v) is 2.13. The van der Waals surface area contributed by atoms with E-state index in [9.17, 15) is 14.0 Å². The van der Waals surface area contributed by atoms with Gasteiger partial charge in [0, 0.05) is 25.1 Å². The van der Waals surface area contributed by atoms with Crippen LogP contribution in [0.3, 0.4) is 0 Å². The number of hydrogen-bond donors (Lipinski definition) is 1.